The summed E-state index contributed by atoms with van der Waals surface area (Å²) in [7, 11) is 0. The van der Waals surface area contributed by atoms with Gasteiger partial charge in [0.2, 0.25) is 0 Å². The number of para-hydroxylation sites is 4. The fourth-order valence-electron chi connectivity index (χ4n) is 10.5. The first-order valence-electron chi connectivity index (χ1n) is 23.3. The molecule has 0 amide bonds. The van der Waals surface area contributed by atoms with Gasteiger partial charge in [-0.1, -0.05) is 194 Å². The molecule has 0 bridgehead atoms. The fraction of sp³-hybridized carbons (Fsp3) is 0.0769. The average Bonchev–Trinajstić information content (AvgIpc) is 3.66. The zero-order chi connectivity index (χ0) is 45.5. The number of fused-ring (bicyclic) bond motifs is 3. The van der Waals surface area contributed by atoms with Gasteiger partial charge in [-0.3, -0.25) is 0 Å². The summed E-state index contributed by atoms with van der Waals surface area (Å²) in [6, 6.07) is 89.6. The number of anilines is 6. The maximum atomic E-state index is 2.49. The van der Waals surface area contributed by atoms with E-state index >= 15 is 0 Å². The molecule has 67 heavy (non-hydrogen) atoms. The van der Waals surface area contributed by atoms with Crippen LogP contribution in [0.4, 0.5) is 34.1 Å². The number of nitrogens with zero attached hydrogens (tertiary/aromatic N) is 2. The third kappa shape index (κ3) is 7.23. The Labute approximate surface area is 395 Å². The van der Waals surface area contributed by atoms with Crippen LogP contribution in [-0.4, -0.2) is 0 Å². The molecule has 0 heterocycles. The standard InChI is InChI=1S/C65H52N2/c1-45-19-11-15-27-61(45)66(62-28-16-12-20-46(62)2)55-39-41-57-58-42-40-56(67(63-29-17-13-21-47(63)3)64-30-18-14-22-48(64)4)44-60(58)65(59(57)43-55,53-35-31-51(32-36-53)49-23-7-5-8-24-49)54-37-33-52(34-38-54)50-25-9-6-10-26-50/h5-44H,1-4H3. The molecule has 0 unspecified atom stereocenters. The molecule has 0 aliphatic heterocycles. The van der Waals surface area contributed by atoms with Gasteiger partial charge >= 0.3 is 0 Å². The topological polar surface area (TPSA) is 6.48 Å². The summed E-state index contributed by atoms with van der Waals surface area (Å²) < 4.78 is 0. The van der Waals surface area contributed by atoms with Gasteiger partial charge in [-0.25, -0.2) is 0 Å². The van der Waals surface area contributed by atoms with E-state index < -0.39 is 5.41 Å². The molecule has 0 N–H and O–H groups in total. The minimum atomic E-state index is -0.715. The molecule has 0 saturated carbocycles. The molecular formula is C65H52N2. The Morgan fingerprint density at radius 2 is 0.552 bits per heavy atom. The van der Waals surface area contributed by atoms with Crippen LogP contribution in [0.25, 0.3) is 33.4 Å². The molecule has 0 aromatic heterocycles. The van der Waals surface area contributed by atoms with Gasteiger partial charge < -0.3 is 9.80 Å². The number of hydrogen-bond acceptors (Lipinski definition) is 2. The van der Waals surface area contributed by atoms with Crippen molar-refractivity contribution in [1.29, 1.82) is 0 Å². The van der Waals surface area contributed by atoms with Gasteiger partial charge in [-0.2, -0.15) is 0 Å². The Kier molecular flexibility index (Phi) is 10.7. The second-order valence-electron chi connectivity index (χ2n) is 17.9. The lowest BCUT2D eigenvalue weighted by Gasteiger charge is -2.36. The number of aryl methyl sites for hydroxylation is 4. The first kappa shape index (κ1) is 41.5. The molecule has 322 valence electrons. The van der Waals surface area contributed by atoms with Gasteiger partial charge in [-0.15, -0.1) is 0 Å². The zero-order valence-electron chi connectivity index (χ0n) is 38.5. The summed E-state index contributed by atoms with van der Waals surface area (Å²) >= 11 is 0. The lowest BCUT2D eigenvalue weighted by Crippen LogP contribution is -2.29. The van der Waals surface area contributed by atoms with E-state index in [0.717, 1.165) is 34.1 Å². The van der Waals surface area contributed by atoms with Crippen molar-refractivity contribution in [3.63, 3.8) is 0 Å². The van der Waals surface area contributed by atoms with Gasteiger partial charge in [0.1, 0.15) is 0 Å². The third-order valence-electron chi connectivity index (χ3n) is 13.9. The van der Waals surface area contributed by atoms with Crippen LogP contribution in [0, 0.1) is 27.7 Å². The SMILES string of the molecule is Cc1ccccc1N(c1ccc2c(c1)C(c1ccc(-c3ccccc3)cc1)(c1ccc(-c3ccccc3)cc1)c1cc(N(c3ccccc3C)c3ccccc3C)ccc1-2)c1ccccc1C. The molecule has 10 aromatic carbocycles. The highest BCUT2D eigenvalue weighted by molar-refractivity contribution is 5.93. The molecule has 0 spiro atoms. The highest BCUT2D eigenvalue weighted by Gasteiger charge is 2.47. The van der Waals surface area contributed by atoms with Crippen LogP contribution in [0.1, 0.15) is 44.5 Å². The molecule has 0 fully saturated rings. The summed E-state index contributed by atoms with van der Waals surface area (Å²) in [5, 5.41) is 0. The van der Waals surface area contributed by atoms with Crippen LogP contribution in [0.2, 0.25) is 0 Å². The van der Waals surface area contributed by atoms with Crippen molar-refractivity contribution in [1.82, 2.24) is 0 Å². The van der Waals surface area contributed by atoms with Crippen molar-refractivity contribution in [2.24, 2.45) is 0 Å². The summed E-state index contributed by atoms with van der Waals surface area (Å²) in [6.45, 7) is 8.86. The van der Waals surface area contributed by atoms with E-state index in [-0.39, 0.29) is 0 Å². The van der Waals surface area contributed by atoms with Crippen LogP contribution < -0.4 is 9.80 Å². The van der Waals surface area contributed by atoms with Gasteiger partial charge in [0.15, 0.2) is 0 Å². The van der Waals surface area contributed by atoms with Gasteiger partial charge in [-0.05, 0) is 154 Å². The Bertz CT molecular complexity index is 3070. The van der Waals surface area contributed by atoms with Crippen molar-refractivity contribution in [3.05, 3.63) is 287 Å². The average molecular weight is 861 g/mol. The smallest absolute Gasteiger partial charge is 0.0715 e. The van der Waals surface area contributed by atoms with E-state index in [1.54, 1.807) is 0 Å². The van der Waals surface area contributed by atoms with E-state index in [1.165, 1.54) is 77.9 Å². The van der Waals surface area contributed by atoms with E-state index in [4.69, 9.17) is 0 Å². The predicted molar refractivity (Wildman–Crippen MR) is 283 cm³/mol. The summed E-state index contributed by atoms with van der Waals surface area (Å²) in [6.07, 6.45) is 0. The molecule has 10 aromatic rings. The Morgan fingerprint density at radius 1 is 0.269 bits per heavy atom. The molecular weight excluding hydrogens is 809 g/mol. The van der Waals surface area contributed by atoms with Crippen molar-refractivity contribution < 1.29 is 0 Å². The van der Waals surface area contributed by atoms with E-state index in [2.05, 4.69) is 280 Å². The van der Waals surface area contributed by atoms with Crippen molar-refractivity contribution in [2.75, 3.05) is 9.80 Å². The van der Waals surface area contributed by atoms with E-state index in [0.29, 0.717) is 0 Å². The largest absolute Gasteiger partial charge is 0.310 e. The van der Waals surface area contributed by atoms with Crippen molar-refractivity contribution >= 4 is 34.1 Å². The van der Waals surface area contributed by atoms with Crippen molar-refractivity contribution in [2.45, 2.75) is 33.1 Å². The Balaban J connectivity index is 1.22. The third-order valence-corrected chi connectivity index (χ3v) is 13.9. The minimum Gasteiger partial charge on any atom is -0.310 e. The van der Waals surface area contributed by atoms with Gasteiger partial charge in [0, 0.05) is 34.1 Å². The van der Waals surface area contributed by atoms with Crippen LogP contribution in [0.3, 0.4) is 0 Å². The van der Waals surface area contributed by atoms with Crippen LogP contribution >= 0.6 is 0 Å². The van der Waals surface area contributed by atoms with Crippen molar-refractivity contribution in [3.8, 4) is 33.4 Å². The maximum Gasteiger partial charge on any atom is 0.0715 e. The fourth-order valence-corrected chi connectivity index (χ4v) is 10.5. The molecule has 2 heteroatoms. The van der Waals surface area contributed by atoms with E-state index in [9.17, 15) is 0 Å². The lowest BCUT2D eigenvalue weighted by molar-refractivity contribution is 0.768. The Morgan fingerprint density at radius 3 is 0.866 bits per heavy atom. The maximum absolute atomic E-state index is 2.49. The first-order chi connectivity index (χ1) is 32.9. The molecule has 0 saturated heterocycles. The normalized spacial score (nSPS) is 12.3. The monoisotopic (exact) mass is 860 g/mol. The molecule has 1 aliphatic rings. The summed E-state index contributed by atoms with van der Waals surface area (Å²) in [5.41, 5.74) is 23.2. The molecule has 1 aliphatic carbocycles. The van der Waals surface area contributed by atoms with E-state index in [1.807, 2.05) is 0 Å². The quantitative estimate of drug-likeness (QED) is 0.135. The predicted octanol–water partition coefficient (Wildman–Crippen LogP) is 17.6. The zero-order valence-corrected chi connectivity index (χ0v) is 38.5. The second-order valence-corrected chi connectivity index (χ2v) is 17.9. The number of benzene rings is 10. The summed E-state index contributed by atoms with van der Waals surface area (Å²) in [5.74, 6) is 0. The minimum absolute atomic E-state index is 0.715. The number of hydrogen-bond donors (Lipinski definition) is 0. The van der Waals surface area contributed by atoms with Gasteiger partial charge in [0.25, 0.3) is 0 Å². The highest BCUT2D eigenvalue weighted by atomic mass is 15.2. The molecule has 0 atom stereocenters. The lowest BCUT2D eigenvalue weighted by atomic mass is 9.67. The summed E-state index contributed by atoms with van der Waals surface area (Å²) in [4.78, 5) is 4.92. The second kappa shape index (κ2) is 17.3. The molecule has 11 rings (SSSR count). The highest BCUT2D eigenvalue weighted by Crippen LogP contribution is 2.59. The number of rotatable bonds is 10. The molecule has 0 radical (unpaired) electrons. The first-order valence-corrected chi connectivity index (χ1v) is 23.3. The van der Waals surface area contributed by atoms with Gasteiger partial charge in [0.05, 0.1) is 5.41 Å². The van der Waals surface area contributed by atoms with Crippen LogP contribution in [0.5, 0.6) is 0 Å². The van der Waals surface area contributed by atoms with Crippen LogP contribution in [0.15, 0.2) is 243 Å². The molecule has 2 nitrogen and oxygen atoms in total. The Hall–Kier alpha value is -8.20. The van der Waals surface area contributed by atoms with Crippen LogP contribution in [-0.2, 0) is 5.41 Å².